The molecule has 0 aromatic carbocycles. The van der Waals surface area contributed by atoms with Crippen molar-refractivity contribution in [3.8, 4) is 0 Å². The Morgan fingerprint density at radius 1 is 0.708 bits per heavy atom. The second-order valence-corrected chi connectivity index (χ2v) is 18.3. The van der Waals surface area contributed by atoms with Gasteiger partial charge in [-0.3, -0.25) is 4.79 Å². The Hall–Kier alpha value is -1.05. The Kier molecular flexibility index (Phi) is 16.6. The van der Waals surface area contributed by atoms with E-state index in [1.54, 1.807) is 0 Å². The summed E-state index contributed by atoms with van der Waals surface area (Å²) in [5, 5.41) is 0. The molecule has 2 heteroatoms. The second kappa shape index (κ2) is 20.1. The molecular formula is C46H80O2. The van der Waals surface area contributed by atoms with Crippen molar-refractivity contribution in [2.24, 2.45) is 58.2 Å². The summed E-state index contributed by atoms with van der Waals surface area (Å²) in [5.74, 6) is 6.83. The van der Waals surface area contributed by atoms with E-state index in [0.717, 1.165) is 54.8 Å². The van der Waals surface area contributed by atoms with Crippen molar-refractivity contribution < 1.29 is 9.53 Å². The lowest BCUT2D eigenvalue weighted by Gasteiger charge is -2.61. The molecule has 0 aromatic heterocycles. The minimum absolute atomic E-state index is 0.0183. The number of ether oxygens (including phenoxy) is 1. The molecule has 0 N–H and O–H groups in total. The number of fused-ring (bicyclic) bond motifs is 5. The summed E-state index contributed by atoms with van der Waals surface area (Å²) < 4.78 is 5.78. The number of carbonyl (C=O) groups excluding carboxylic acids is 1. The van der Waals surface area contributed by atoms with E-state index in [4.69, 9.17) is 4.74 Å². The van der Waals surface area contributed by atoms with E-state index in [-0.39, 0.29) is 5.97 Å². The summed E-state index contributed by atoms with van der Waals surface area (Å²) in [6, 6.07) is 0. The largest absolute Gasteiger partial charge is 0.465 e. The molecule has 4 saturated carbocycles. The van der Waals surface area contributed by atoms with Crippen LogP contribution in [-0.2, 0) is 9.53 Å². The van der Waals surface area contributed by atoms with Crippen LogP contribution in [0.3, 0.4) is 0 Å². The highest BCUT2D eigenvalue weighted by Crippen LogP contribution is 2.68. The molecule has 0 saturated heterocycles. The maximum Gasteiger partial charge on any atom is 0.305 e. The zero-order chi connectivity index (χ0) is 34.4. The van der Waals surface area contributed by atoms with Gasteiger partial charge >= 0.3 is 5.97 Å². The van der Waals surface area contributed by atoms with E-state index in [0.29, 0.717) is 35.7 Å². The molecule has 2 nitrogen and oxygen atoms in total. The Morgan fingerprint density at radius 2 is 1.42 bits per heavy atom. The molecule has 48 heavy (non-hydrogen) atoms. The first kappa shape index (κ1) is 39.7. The predicted octanol–water partition coefficient (Wildman–Crippen LogP) is 14.1. The van der Waals surface area contributed by atoms with Gasteiger partial charge in [-0.25, -0.2) is 0 Å². The van der Waals surface area contributed by atoms with Gasteiger partial charge in [0, 0.05) is 6.42 Å². The maximum atomic E-state index is 12.5. The predicted molar refractivity (Wildman–Crippen MR) is 207 cm³/mol. The van der Waals surface area contributed by atoms with Gasteiger partial charge in [-0.1, -0.05) is 124 Å². The fourth-order valence-corrected chi connectivity index (χ4v) is 11.8. The summed E-state index contributed by atoms with van der Waals surface area (Å²) in [5.41, 5.74) is 1.23. The Bertz CT molecular complexity index is 981. The van der Waals surface area contributed by atoms with Gasteiger partial charge in [0.05, 0.1) is 6.61 Å². The molecule has 0 radical (unpaired) electrons. The van der Waals surface area contributed by atoms with Gasteiger partial charge in [0.2, 0.25) is 0 Å². The highest BCUT2D eigenvalue weighted by molar-refractivity contribution is 5.69. The van der Waals surface area contributed by atoms with Gasteiger partial charge in [0.25, 0.3) is 0 Å². The molecule has 0 bridgehead atoms. The van der Waals surface area contributed by atoms with Crippen LogP contribution >= 0.6 is 0 Å². The Labute approximate surface area is 299 Å². The van der Waals surface area contributed by atoms with Crippen molar-refractivity contribution in [2.75, 3.05) is 6.61 Å². The van der Waals surface area contributed by atoms with Crippen molar-refractivity contribution in [1.29, 1.82) is 0 Å². The molecule has 0 spiro atoms. The summed E-state index contributed by atoms with van der Waals surface area (Å²) in [4.78, 5) is 12.5. The average molecular weight is 665 g/mol. The summed E-state index contributed by atoms with van der Waals surface area (Å²) in [6.07, 6.45) is 40.9. The summed E-state index contributed by atoms with van der Waals surface area (Å²) in [7, 11) is 0. The zero-order valence-electron chi connectivity index (χ0n) is 32.9. The molecule has 4 aliphatic rings. The van der Waals surface area contributed by atoms with Crippen LogP contribution in [-0.4, -0.2) is 12.6 Å². The highest BCUT2D eigenvalue weighted by atomic mass is 16.5. The maximum absolute atomic E-state index is 12.5. The van der Waals surface area contributed by atoms with Gasteiger partial charge < -0.3 is 4.74 Å². The van der Waals surface area contributed by atoms with Crippen molar-refractivity contribution in [1.82, 2.24) is 0 Å². The molecule has 0 heterocycles. The fourth-order valence-electron chi connectivity index (χ4n) is 11.8. The SMILES string of the molecule is CCCCC/C=C\C/C=C\CCCCCCCC(=O)OCC(C)[C@@H](C)CC[C@@H](C)[C@H]1CC[C@H]2[C@@H]3CCC4CCCC[C@]4(C)[C@H]3CC[C@]12C. The van der Waals surface area contributed by atoms with E-state index < -0.39 is 0 Å². The third-order valence-corrected chi connectivity index (χ3v) is 15.2. The van der Waals surface area contributed by atoms with Crippen LogP contribution in [0.15, 0.2) is 24.3 Å². The molecule has 0 aromatic rings. The van der Waals surface area contributed by atoms with Crippen LogP contribution in [0.2, 0.25) is 0 Å². The topological polar surface area (TPSA) is 26.3 Å². The number of esters is 1. The number of unbranched alkanes of at least 4 members (excludes halogenated alkanes) is 8. The summed E-state index contributed by atoms with van der Waals surface area (Å²) >= 11 is 0. The van der Waals surface area contributed by atoms with Crippen LogP contribution in [0, 0.1) is 58.2 Å². The van der Waals surface area contributed by atoms with Crippen LogP contribution < -0.4 is 0 Å². The zero-order valence-corrected chi connectivity index (χ0v) is 32.9. The lowest BCUT2D eigenvalue weighted by Crippen LogP contribution is -2.53. The van der Waals surface area contributed by atoms with Gasteiger partial charge in [0.15, 0.2) is 0 Å². The smallest absolute Gasteiger partial charge is 0.305 e. The molecule has 4 fully saturated rings. The quantitative estimate of drug-likeness (QED) is 0.0693. The van der Waals surface area contributed by atoms with Crippen LogP contribution in [0.1, 0.15) is 196 Å². The highest BCUT2D eigenvalue weighted by Gasteiger charge is 2.60. The standard InChI is InChI=1S/C46H80O2/c1-7-8-9-10-11-12-13-14-15-16-17-18-19-20-21-25-44(47)48-35-38(4)36(2)26-27-37(3)41-30-31-42-40-29-28-39-24-22-23-33-45(39,5)43(40)32-34-46(41,42)6/h11-12,14-15,36-43H,7-10,13,16-35H2,1-6H3/b12-11-,15-14-/t36-,37+,38?,39?,40-,41+,42-,43-,45-,46+/m0/s1. The lowest BCUT2D eigenvalue weighted by molar-refractivity contribution is -0.145. The Balaban J connectivity index is 1.05. The van der Waals surface area contributed by atoms with E-state index in [1.807, 2.05) is 0 Å². The Morgan fingerprint density at radius 3 is 2.19 bits per heavy atom. The first-order valence-electron chi connectivity index (χ1n) is 21.7. The third kappa shape index (κ3) is 10.7. The average Bonchev–Trinajstić information content (AvgIpc) is 3.44. The molecule has 0 amide bonds. The van der Waals surface area contributed by atoms with Crippen molar-refractivity contribution in [2.45, 2.75) is 196 Å². The number of rotatable bonds is 21. The van der Waals surface area contributed by atoms with Crippen molar-refractivity contribution >= 4 is 5.97 Å². The first-order chi connectivity index (χ1) is 23.2. The second-order valence-electron chi connectivity index (χ2n) is 18.3. The summed E-state index contributed by atoms with van der Waals surface area (Å²) in [6.45, 7) is 15.6. The monoisotopic (exact) mass is 665 g/mol. The van der Waals surface area contributed by atoms with Gasteiger partial charge in [-0.15, -0.1) is 0 Å². The van der Waals surface area contributed by atoms with Crippen molar-refractivity contribution in [3.63, 3.8) is 0 Å². The van der Waals surface area contributed by atoms with E-state index in [1.165, 1.54) is 128 Å². The number of carbonyl (C=O) groups is 1. The van der Waals surface area contributed by atoms with Gasteiger partial charge in [-0.05, 0) is 148 Å². The van der Waals surface area contributed by atoms with Crippen LogP contribution in [0.5, 0.6) is 0 Å². The number of hydrogen-bond acceptors (Lipinski definition) is 2. The molecule has 4 aliphatic carbocycles. The number of hydrogen-bond donors (Lipinski definition) is 0. The first-order valence-corrected chi connectivity index (χ1v) is 21.7. The third-order valence-electron chi connectivity index (χ3n) is 15.2. The van der Waals surface area contributed by atoms with E-state index in [9.17, 15) is 4.79 Å². The van der Waals surface area contributed by atoms with Crippen molar-refractivity contribution in [3.05, 3.63) is 24.3 Å². The molecule has 2 unspecified atom stereocenters. The molecule has 4 rings (SSSR count). The van der Waals surface area contributed by atoms with E-state index >= 15 is 0 Å². The minimum Gasteiger partial charge on any atom is -0.465 e. The minimum atomic E-state index is 0.0183. The molecular weight excluding hydrogens is 585 g/mol. The molecule has 276 valence electrons. The fraction of sp³-hybridized carbons (Fsp3) is 0.891. The van der Waals surface area contributed by atoms with Crippen LogP contribution in [0.4, 0.5) is 0 Å². The number of allylic oxidation sites excluding steroid dienone is 4. The molecule has 10 atom stereocenters. The molecule has 0 aliphatic heterocycles. The van der Waals surface area contributed by atoms with E-state index in [2.05, 4.69) is 65.8 Å². The van der Waals surface area contributed by atoms with Gasteiger partial charge in [0.1, 0.15) is 0 Å². The lowest BCUT2D eigenvalue weighted by atomic mass is 9.44. The van der Waals surface area contributed by atoms with Gasteiger partial charge in [-0.2, -0.15) is 0 Å². The van der Waals surface area contributed by atoms with Crippen LogP contribution in [0.25, 0.3) is 0 Å². The normalized spacial score (nSPS) is 33.7.